The Kier molecular flexibility index (Phi) is 7.20. The fourth-order valence-electron chi connectivity index (χ4n) is 7.81. The lowest BCUT2D eigenvalue weighted by Crippen LogP contribution is -2.23. The largest absolute Gasteiger partial charge is 0.310 e. The molecule has 5 aromatic rings. The van der Waals surface area contributed by atoms with Crippen LogP contribution in [0.5, 0.6) is 0 Å². The molecule has 0 saturated heterocycles. The minimum Gasteiger partial charge on any atom is -0.310 e. The summed E-state index contributed by atoms with van der Waals surface area (Å²) in [5, 5.41) is 0. The van der Waals surface area contributed by atoms with E-state index in [1.807, 2.05) is 0 Å². The van der Waals surface area contributed by atoms with Crippen molar-refractivity contribution in [3.8, 4) is 22.3 Å². The number of fused-ring (bicyclic) bond motifs is 3. The molecule has 0 amide bonds. The lowest BCUT2D eigenvalue weighted by atomic mass is 9.74. The van der Waals surface area contributed by atoms with Crippen molar-refractivity contribution in [2.75, 3.05) is 4.90 Å². The van der Waals surface area contributed by atoms with Crippen LogP contribution in [0.4, 0.5) is 17.1 Å². The molecule has 1 saturated carbocycles. The van der Waals surface area contributed by atoms with Crippen molar-refractivity contribution in [3.05, 3.63) is 138 Å². The van der Waals surface area contributed by atoms with Gasteiger partial charge in [-0.25, -0.2) is 0 Å². The van der Waals surface area contributed by atoms with Gasteiger partial charge in [-0.05, 0) is 107 Å². The Bertz CT molecular complexity index is 1650. The van der Waals surface area contributed by atoms with E-state index in [2.05, 4.69) is 140 Å². The summed E-state index contributed by atoms with van der Waals surface area (Å²) in [6.45, 7) is 4.71. The van der Waals surface area contributed by atoms with Crippen LogP contribution in [0.15, 0.2) is 121 Å². The molecule has 42 heavy (non-hydrogen) atoms. The number of rotatable bonds is 7. The Labute approximate surface area is 251 Å². The second kappa shape index (κ2) is 11.3. The van der Waals surface area contributed by atoms with Crippen molar-refractivity contribution in [2.45, 2.75) is 70.1 Å². The Morgan fingerprint density at radius 2 is 1.12 bits per heavy atom. The number of benzene rings is 5. The van der Waals surface area contributed by atoms with Crippen LogP contribution >= 0.6 is 0 Å². The summed E-state index contributed by atoms with van der Waals surface area (Å²) in [4.78, 5) is 2.46. The van der Waals surface area contributed by atoms with E-state index in [-0.39, 0.29) is 5.41 Å². The summed E-state index contributed by atoms with van der Waals surface area (Å²) in [6, 6.07) is 45.5. The molecule has 0 radical (unpaired) electrons. The fourth-order valence-corrected chi connectivity index (χ4v) is 7.81. The first-order chi connectivity index (χ1) is 20.7. The van der Waals surface area contributed by atoms with E-state index in [9.17, 15) is 0 Å². The van der Waals surface area contributed by atoms with E-state index >= 15 is 0 Å². The van der Waals surface area contributed by atoms with Crippen LogP contribution in [0.1, 0.15) is 81.4 Å². The second-order valence-corrected chi connectivity index (χ2v) is 12.2. The maximum Gasteiger partial charge on any atom is 0.0465 e. The van der Waals surface area contributed by atoms with E-state index in [4.69, 9.17) is 0 Å². The maximum atomic E-state index is 2.49. The van der Waals surface area contributed by atoms with Crippen molar-refractivity contribution in [3.63, 3.8) is 0 Å². The van der Waals surface area contributed by atoms with Gasteiger partial charge in [-0.15, -0.1) is 0 Å². The van der Waals surface area contributed by atoms with Gasteiger partial charge in [-0.3, -0.25) is 0 Å². The fraction of sp³-hybridized carbons (Fsp3) is 0.268. The van der Waals surface area contributed by atoms with Crippen molar-refractivity contribution in [1.29, 1.82) is 0 Å². The summed E-state index contributed by atoms with van der Waals surface area (Å²) in [6.07, 6.45) is 8.95. The van der Waals surface area contributed by atoms with Gasteiger partial charge in [-0.2, -0.15) is 0 Å². The monoisotopic (exact) mass is 547 g/mol. The van der Waals surface area contributed by atoms with Gasteiger partial charge in [0, 0.05) is 22.5 Å². The van der Waals surface area contributed by atoms with Gasteiger partial charge in [-0.1, -0.05) is 118 Å². The van der Waals surface area contributed by atoms with Crippen LogP contribution in [0, 0.1) is 0 Å². The van der Waals surface area contributed by atoms with Crippen molar-refractivity contribution in [1.82, 2.24) is 0 Å². The van der Waals surface area contributed by atoms with Crippen LogP contribution in [-0.4, -0.2) is 0 Å². The average molecular weight is 548 g/mol. The van der Waals surface area contributed by atoms with Crippen LogP contribution in [0.25, 0.3) is 22.3 Å². The van der Waals surface area contributed by atoms with Crippen LogP contribution < -0.4 is 4.90 Å². The molecule has 0 N–H and O–H groups in total. The van der Waals surface area contributed by atoms with Gasteiger partial charge in [0.05, 0.1) is 0 Å². The summed E-state index contributed by atoms with van der Waals surface area (Å²) in [5.74, 6) is 0.708. The lowest BCUT2D eigenvalue weighted by molar-refractivity contribution is 0.443. The Hall–Kier alpha value is -4.10. The summed E-state index contributed by atoms with van der Waals surface area (Å²) in [7, 11) is 0. The molecule has 7 rings (SSSR count). The molecular formula is C41H41N. The zero-order chi connectivity index (χ0) is 28.5. The molecule has 2 aliphatic carbocycles. The first kappa shape index (κ1) is 26.8. The highest BCUT2D eigenvalue weighted by molar-refractivity contribution is 5.86. The molecule has 0 aliphatic heterocycles. The summed E-state index contributed by atoms with van der Waals surface area (Å²) >= 11 is 0. The minimum atomic E-state index is 0.0512. The normalized spacial score (nSPS) is 15.7. The van der Waals surface area contributed by atoms with E-state index in [1.54, 1.807) is 0 Å². The highest BCUT2D eigenvalue weighted by atomic mass is 15.1. The number of hydrogen-bond donors (Lipinski definition) is 0. The molecule has 0 aromatic heterocycles. The molecule has 0 unspecified atom stereocenters. The van der Waals surface area contributed by atoms with Crippen molar-refractivity contribution < 1.29 is 0 Å². The topological polar surface area (TPSA) is 3.24 Å². The Morgan fingerprint density at radius 3 is 1.81 bits per heavy atom. The van der Waals surface area contributed by atoms with Gasteiger partial charge >= 0.3 is 0 Å². The SMILES string of the molecule is CCC1(CC)c2ccccc2-c2ccc(N(c3ccc(-c4ccccc4)cc3)c3ccc(C4CCCCC4)cc3)cc21. The maximum absolute atomic E-state index is 2.49. The third-order valence-corrected chi connectivity index (χ3v) is 10.2. The first-order valence-corrected chi connectivity index (χ1v) is 16.0. The predicted molar refractivity (Wildman–Crippen MR) is 179 cm³/mol. The number of anilines is 3. The van der Waals surface area contributed by atoms with E-state index in [0.29, 0.717) is 5.92 Å². The molecule has 1 fully saturated rings. The quantitative estimate of drug-likeness (QED) is 0.196. The smallest absolute Gasteiger partial charge is 0.0465 e. The first-order valence-electron chi connectivity index (χ1n) is 16.0. The molecule has 0 spiro atoms. The van der Waals surface area contributed by atoms with Crippen molar-refractivity contribution >= 4 is 17.1 Å². The highest BCUT2D eigenvalue weighted by Crippen LogP contribution is 2.54. The molecule has 1 heteroatoms. The van der Waals surface area contributed by atoms with Crippen LogP contribution in [0.2, 0.25) is 0 Å². The van der Waals surface area contributed by atoms with Gasteiger partial charge in [0.15, 0.2) is 0 Å². The molecule has 0 bridgehead atoms. The molecule has 0 heterocycles. The van der Waals surface area contributed by atoms with Gasteiger partial charge in [0.2, 0.25) is 0 Å². The molecule has 0 atom stereocenters. The molecule has 1 nitrogen and oxygen atoms in total. The van der Waals surface area contributed by atoms with E-state index in [1.165, 1.54) is 88.1 Å². The second-order valence-electron chi connectivity index (χ2n) is 12.2. The molecular weight excluding hydrogens is 506 g/mol. The minimum absolute atomic E-state index is 0.0512. The van der Waals surface area contributed by atoms with E-state index in [0.717, 1.165) is 12.8 Å². The Balaban J connectivity index is 1.33. The third-order valence-electron chi connectivity index (χ3n) is 10.2. The number of nitrogens with zero attached hydrogens (tertiary/aromatic N) is 1. The Morgan fingerprint density at radius 1 is 0.548 bits per heavy atom. The van der Waals surface area contributed by atoms with Gasteiger partial charge in [0.1, 0.15) is 0 Å². The molecule has 210 valence electrons. The lowest BCUT2D eigenvalue weighted by Gasteiger charge is -2.32. The molecule has 5 aromatic carbocycles. The van der Waals surface area contributed by atoms with Crippen LogP contribution in [-0.2, 0) is 5.41 Å². The van der Waals surface area contributed by atoms with Gasteiger partial charge < -0.3 is 4.90 Å². The average Bonchev–Trinajstić information content (AvgIpc) is 3.36. The van der Waals surface area contributed by atoms with E-state index < -0.39 is 0 Å². The zero-order valence-electron chi connectivity index (χ0n) is 25.0. The standard InChI is InChI=1S/C41H41N/c1-3-41(4-2)39-18-12-11-17-37(39)38-28-27-36(29-40(38)41)42(34-23-19-32(20-24-34)30-13-7-5-8-14-30)35-25-21-33(22-26-35)31-15-9-6-10-16-31/h5,7-8,11-14,17-29,31H,3-4,6,9-10,15-16H2,1-2H3. The third kappa shape index (κ3) is 4.56. The summed E-state index contributed by atoms with van der Waals surface area (Å²) < 4.78 is 0. The highest BCUT2D eigenvalue weighted by Gasteiger charge is 2.40. The summed E-state index contributed by atoms with van der Waals surface area (Å²) in [5.41, 5.74) is 13.4. The number of hydrogen-bond acceptors (Lipinski definition) is 1. The molecule has 2 aliphatic rings. The predicted octanol–water partition coefficient (Wildman–Crippen LogP) is 12.0. The zero-order valence-corrected chi connectivity index (χ0v) is 25.0. The van der Waals surface area contributed by atoms with Gasteiger partial charge in [0.25, 0.3) is 0 Å². The van der Waals surface area contributed by atoms with Crippen LogP contribution in [0.3, 0.4) is 0 Å². The van der Waals surface area contributed by atoms with Crippen molar-refractivity contribution in [2.24, 2.45) is 0 Å².